The van der Waals surface area contributed by atoms with Gasteiger partial charge in [-0.05, 0) is 43.7 Å². The van der Waals surface area contributed by atoms with E-state index in [4.69, 9.17) is 5.11 Å². The standard InChI is InChI=1S/C13H18N2O3/c1-4-14-7-12(16)15-10-5-8(2)9(3)11(6-10)13(17)18/h5-6,14H,4,7H2,1-3H3,(H,15,16)(H,17,18). The Balaban J connectivity index is 2.90. The highest BCUT2D eigenvalue weighted by molar-refractivity contribution is 5.95. The van der Waals surface area contributed by atoms with Crippen molar-refractivity contribution in [1.82, 2.24) is 5.32 Å². The van der Waals surface area contributed by atoms with Crippen molar-refractivity contribution in [3.05, 3.63) is 28.8 Å². The van der Waals surface area contributed by atoms with Gasteiger partial charge >= 0.3 is 5.97 Å². The Labute approximate surface area is 106 Å². The maximum atomic E-state index is 11.5. The highest BCUT2D eigenvalue weighted by Crippen LogP contribution is 2.19. The molecule has 5 nitrogen and oxygen atoms in total. The maximum Gasteiger partial charge on any atom is 0.336 e. The van der Waals surface area contributed by atoms with Gasteiger partial charge in [0.1, 0.15) is 0 Å². The number of likely N-dealkylation sites (N-methyl/N-ethyl adjacent to an activating group) is 1. The molecule has 0 saturated carbocycles. The monoisotopic (exact) mass is 250 g/mol. The summed E-state index contributed by atoms with van der Waals surface area (Å²) < 4.78 is 0. The zero-order valence-electron chi connectivity index (χ0n) is 10.8. The molecule has 0 bridgehead atoms. The molecule has 3 N–H and O–H groups in total. The fourth-order valence-electron chi connectivity index (χ4n) is 1.60. The van der Waals surface area contributed by atoms with Crippen molar-refractivity contribution >= 4 is 17.6 Å². The number of rotatable bonds is 5. The molecule has 0 aliphatic rings. The fourth-order valence-corrected chi connectivity index (χ4v) is 1.60. The number of carbonyl (C=O) groups is 2. The van der Waals surface area contributed by atoms with Crippen LogP contribution in [0.25, 0.3) is 0 Å². The Morgan fingerprint density at radius 2 is 1.94 bits per heavy atom. The molecule has 0 radical (unpaired) electrons. The van der Waals surface area contributed by atoms with Gasteiger partial charge in [0.05, 0.1) is 12.1 Å². The Morgan fingerprint density at radius 3 is 2.50 bits per heavy atom. The van der Waals surface area contributed by atoms with Crippen LogP contribution in [-0.2, 0) is 4.79 Å². The normalized spacial score (nSPS) is 10.2. The first kappa shape index (κ1) is 14.2. The summed E-state index contributed by atoms with van der Waals surface area (Å²) in [6.45, 7) is 6.41. The van der Waals surface area contributed by atoms with Crippen molar-refractivity contribution in [3.8, 4) is 0 Å². The Morgan fingerprint density at radius 1 is 1.28 bits per heavy atom. The van der Waals surface area contributed by atoms with E-state index in [1.807, 2.05) is 13.8 Å². The Kier molecular flexibility index (Phi) is 4.85. The van der Waals surface area contributed by atoms with Crippen LogP contribution >= 0.6 is 0 Å². The van der Waals surface area contributed by atoms with Crippen LogP contribution in [-0.4, -0.2) is 30.1 Å². The van der Waals surface area contributed by atoms with Gasteiger partial charge < -0.3 is 15.7 Å². The molecule has 0 saturated heterocycles. The number of hydrogen-bond acceptors (Lipinski definition) is 3. The molecule has 0 aliphatic heterocycles. The third-order valence-corrected chi connectivity index (χ3v) is 2.72. The van der Waals surface area contributed by atoms with E-state index < -0.39 is 5.97 Å². The minimum absolute atomic E-state index is 0.184. The summed E-state index contributed by atoms with van der Waals surface area (Å²) in [4.78, 5) is 22.6. The second kappa shape index (κ2) is 6.16. The van der Waals surface area contributed by atoms with Gasteiger partial charge in [-0.2, -0.15) is 0 Å². The van der Waals surface area contributed by atoms with Crippen molar-refractivity contribution in [1.29, 1.82) is 0 Å². The number of nitrogens with one attached hydrogen (secondary N) is 2. The molecule has 0 aliphatic carbocycles. The Hall–Kier alpha value is -1.88. The van der Waals surface area contributed by atoms with Gasteiger partial charge in [0.2, 0.25) is 5.91 Å². The zero-order chi connectivity index (χ0) is 13.7. The van der Waals surface area contributed by atoms with Crippen molar-refractivity contribution in [2.75, 3.05) is 18.4 Å². The molecule has 0 spiro atoms. The molecule has 0 unspecified atom stereocenters. The zero-order valence-corrected chi connectivity index (χ0v) is 10.8. The minimum atomic E-state index is -0.988. The number of amides is 1. The van der Waals surface area contributed by atoms with E-state index in [1.54, 1.807) is 13.0 Å². The van der Waals surface area contributed by atoms with Gasteiger partial charge in [-0.3, -0.25) is 4.79 Å². The van der Waals surface area contributed by atoms with Gasteiger partial charge in [0.15, 0.2) is 0 Å². The van der Waals surface area contributed by atoms with E-state index in [-0.39, 0.29) is 18.0 Å². The summed E-state index contributed by atoms with van der Waals surface area (Å²) in [6.07, 6.45) is 0. The predicted octanol–water partition coefficient (Wildman–Crippen LogP) is 1.55. The number of carboxylic acid groups (broad SMARTS) is 1. The van der Waals surface area contributed by atoms with Crippen LogP contribution < -0.4 is 10.6 Å². The molecule has 1 aromatic rings. The molecule has 0 heterocycles. The third-order valence-electron chi connectivity index (χ3n) is 2.72. The van der Waals surface area contributed by atoms with Gasteiger partial charge in [-0.1, -0.05) is 6.92 Å². The van der Waals surface area contributed by atoms with Crippen molar-refractivity contribution in [3.63, 3.8) is 0 Å². The topological polar surface area (TPSA) is 78.4 Å². The lowest BCUT2D eigenvalue weighted by atomic mass is 10.0. The molecule has 1 amide bonds. The summed E-state index contributed by atoms with van der Waals surface area (Å²) in [5.41, 5.74) is 2.29. The molecular formula is C13H18N2O3. The van der Waals surface area contributed by atoms with Crippen LogP contribution in [0.5, 0.6) is 0 Å². The lowest BCUT2D eigenvalue weighted by molar-refractivity contribution is -0.115. The summed E-state index contributed by atoms with van der Waals surface area (Å²) >= 11 is 0. The first-order valence-electron chi connectivity index (χ1n) is 5.80. The average molecular weight is 250 g/mol. The number of hydrogen-bond donors (Lipinski definition) is 3. The molecule has 0 fully saturated rings. The lowest BCUT2D eigenvalue weighted by Crippen LogP contribution is -2.27. The first-order valence-corrected chi connectivity index (χ1v) is 5.80. The lowest BCUT2D eigenvalue weighted by Gasteiger charge is -2.10. The second-order valence-corrected chi connectivity index (χ2v) is 4.10. The van der Waals surface area contributed by atoms with Crippen LogP contribution in [0.1, 0.15) is 28.4 Å². The van der Waals surface area contributed by atoms with E-state index >= 15 is 0 Å². The molecule has 0 aromatic heterocycles. The summed E-state index contributed by atoms with van der Waals surface area (Å²) in [7, 11) is 0. The van der Waals surface area contributed by atoms with Crippen LogP contribution in [0.15, 0.2) is 12.1 Å². The molecule has 18 heavy (non-hydrogen) atoms. The van der Waals surface area contributed by atoms with E-state index in [0.29, 0.717) is 17.8 Å². The van der Waals surface area contributed by atoms with Crippen molar-refractivity contribution in [2.24, 2.45) is 0 Å². The smallest absolute Gasteiger partial charge is 0.336 e. The van der Waals surface area contributed by atoms with Crippen LogP contribution in [0.3, 0.4) is 0 Å². The van der Waals surface area contributed by atoms with Crippen LogP contribution in [0.2, 0.25) is 0 Å². The van der Waals surface area contributed by atoms with Gasteiger partial charge in [-0.25, -0.2) is 4.79 Å². The summed E-state index contributed by atoms with van der Waals surface area (Å²) in [6, 6.07) is 3.25. The molecule has 1 aromatic carbocycles. The van der Waals surface area contributed by atoms with E-state index in [9.17, 15) is 9.59 Å². The number of aromatic carboxylic acids is 1. The van der Waals surface area contributed by atoms with Crippen LogP contribution in [0, 0.1) is 13.8 Å². The van der Waals surface area contributed by atoms with E-state index in [0.717, 1.165) is 5.56 Å². The first-order chi connectivity index (χ1) is 8.45. The number of carboxylic acids is 1. The summed E-state index contributed by atoms with van der Waals surface area (Å²) in [5, 5.41) is 14.6. The number of aryl methyl sites for hydroxylation is 1. The number of anilines is 1. The average Bonchev–Trinajstić information content (AvgIpc) is 2.30. The molecule has 0 atom stereocenters. The van der Waals surface area contributed by atoms with Gasteiger partial charge in [0, 0.05) is 5.69 Å². The largest absolute Gasteiger partial charge is 0.478 e. The fraction of sp³-hybridized carbons (Fsp3) is 0.385. The highest BCUT2D eigenvalue weighted by atomic mass is 16.4. The molecule has 1 rings (SSSR count). The van der Waals surface area contributed by atoms with Gasteiger partial charge in [0.25, 0.3) is 0 Å². The molecule has 5 heteroatoms. The highest BCUT2D eigenvalue weighted by Gasteiger charge is 2.12. The molecular weight excluding hydrogens is 232 g/mol. The SMILES string of the molecule is CCNCC(=O)Nc1cc(C)c(C)c(C(=O)O)c1. The Bertz CT molecular complexity index is 470. The van der Waals surface area contributed by atoms with Crippen LogP contribution in [0.4, 0.5) is 5.69 Å². The van der Waals surface area contributed by atoms with E-state index in [2.05, 4.69) is 10.6 Å². The molecule has 98 valence electrons. The second-order valence-electron chi connectivity index (χ2n) is 4.10. The van der Waals surface area contributed by atoms with Gasteiger partial charge in [-0.15, -0.1) is 0 Å². The number of carbonyl (C=O) groups excluding carboxylic acids is 1. The quantitative estimate of drug-likeness (QED) is 0.741. The predicted molar refractivity (Wildman–Crippen MR) is 70.0 cm³/mol. The van der Waals surface area contributed by atoms with Crippen molar-refractivity contribution in [2.45, 2.75) is 20.8 Å². The maximum absolute atomic E-state index is 11.5. The van der Waals surface area contributed by atoms with E-state index in [1.165, 1.54) is 6.07 Å². The summed E-state index contributed by atoms with van der Waals surface area (Å²) in [5.74, 6) is -1.17. The third kappa shape index (κ3) is 3.56. The van der Waals surface area contributed by atoms with Crippen molar-refractivity contribution < 1.29 is 14.7 Å². The minimum Gasteiger partial charge on any atom is -0.478 e. The number of benzene rings is 1.